The lowest BCUT2D eigenvalue weighted by Gasteiger charge is -2.05. The van der Waals surface area contributed by atoms with Gasteiger partial charge in [-0.3, -0.25) is 0 Å². The molecule has 1 aromatic heterocycles. The molecule has 86 valence electrons. The van der Waals surface area contributed by atoms with Crippen LogP contribution in [0.3, 0.4) is 0 Å². The number of nitrogens with zero attached hydrogens (tertiary/aromatic N) is 2. The number of aromatic carboxylic acids is 1. The summed E-state index contributed by atoms with van der Waals surface area (Å²) >= 11 is 5.89. The molecule has 0 bridgehead atoms. The first kappa shape index (κ1) is 11.3. The largest absolute Gasteiger partial charge is 0.476 e. The highest BCUT2D eigenvalue weighted by atomic mass is 35.5. The number of hydrogen-bond acceptors (Lipinski definition) is 4. The van der Waals surface area contributed by atoms with Gasteiger partial charge in [0.1, 0.15) is 5.75 Å². The Bertz CT molecular complexity index is 543. The molecule has 17 heavy (non-hydrogen) atoms. The predicted molar refractivity (Wildman–Crippen MR) is 60.5 cm³/mol. The third-order valence-electron chi connectivity index (χ3n) is 1.91. The normalized spacial score (nSPS) is 9.94. The van der Waals surface area contributed by atoms with Crippen molar-refractivity contribution in [3.63, 3.8) is 0 Å². The van der Waals surface area contributed by atoms with Gasteiger partial charge >= 0.3 is 5.97 Å². The highest BCUT2D eigenvalue weighted by Crippen LogP contribution is 2.27. The molecule has 2 rings (SSSR count). The van der Waals surface area contributed by atoms with Crippen molar-refractivity contribution in [2.75, 3.05) is 0 Å². The van der Waals surface area contributed by atoms with Crippen molar-refractivity contribution in [3.8, 4) is 11.6 Å². The van der Waals surface area contributed by atoms with Crippen LogP contribution in [0.25, 0.3) is 0 Å². The van der Waals surface area contributed by atoms with Crippen LogP contribution in [0, 0.1) is 0 Å². The number of aromatic nitrogens is 2. The van der Waals surface area contributed by atoms with Gasteiger partial charge in [-0.15, -0.1) is 10.2 Å². The van der Waals surface area contributed by atoms with Gasteiger partial charge in [-0.1, -0.05) is 23.7 Å². The molecule has 0 amide bonds. The van der Waals surface area contributed by atoms with Crippen LogP contribution in [0.4, 0.5) is 0 Å². The Labute approximate surface area is 102 Å². The number of halogens is 1. The third kappa shape index (κ3) is 2.70. The van der Waals surface area contributed by atoms with Crippen molar-refractivity contribution in [2.45, 2.75) is 0 Å². The van der Waals surface area contributed by atoms with E-state index in [4.69, 9.17) is 21.4 Å². The standard InChI is InChI=1S/C11H7ClN2O3/c12-7-3-1-2-4-9(7)17-10-6-5-8(11(15)16)13-14-10/h1-6H,(H,15,16). The molecule has 1 heterocycles. The van der Waals surface area contributed by atoms with Crippen LogP contribution in [0.1, 0.15) is 10.5 Å². The summed E-state index contributed by atoms with van der Waals surface area (Å²) in [6.07, 6.45) is 0. The Morgan fingerprint density at radius 1 is 1.18 bits per heavy atom. The van der Waals surface area contributed by atoms with E-state index in [9.17, 15) is 4.79 Å². The first-order chi connectivity index (χ1) is 8.16. The summed E-state index contributed by atoms with van der Waals surface area (Å²) in [7, 11) is 0. The molecule has 0 fully saturated rings. The van der Waals surface area contributed by atoms with E-state index in [1.54, 1.807) is 24.3 Å². The number of rotatable bonds is 3. The maximum absolute atomic E-state index is 10.6. The van der Waals surface area contributed by atoms with Gasteiger partial charge in [-0.2, -0.15) is 0 Å². The molecule has 0 aliphatic rings. The van der Waals surface area contributed by atoms with Crippen LogP contribution in [0.5, 0.6) is 11.6 Å². The van der Waals surface area contributed by atoms with Crippen LogP contribution in [-0.4, -0.2) is 21.3 Å². The average molecular weight is 251 g/mol. The van der Waals surface area contributed by atoms with Gasteiger partial charge in [0.15, 0.2) is 5.69 Å². The van der Waals surface area contributed by atoms with E-state index in [-0.39, 0.29) is 11.6 Å². The second-order valence-corrected chi connectivity index (χ2v) is 3.50. The minimum absolute atomic E-state index is 0.142. The number of carboxylic acids is 1. The van der Waals surface area contributed by atoms with Gasteiger partial charge in [0, 0.05) is 6.07 Å². The molecule has 0 radical (unpaired) electrons. The van der Waals surface area contributed by atoms with Gasteiger partial charge in [0.2, 0.25) is 5.88 Å². The number of ether oxygens (including phenoxy) is 1. The summed E-state index contributed by atoms with van der Waals surface area (Å²) in [6.45, 7) is 0. The number of hydrogen-bond donors (Lipinski definition) is 1. The van der Waals surface area contributed by atoms with E-state index in [0.29, 0.717) is 10.8 Å². The SMILES string of the molecule is O=C(O)c1ccc(Oc2ccccc2Cl)nn1. The van der Waals surface area contributed by atoms with Crippen molar-refractivity contribution in [3.05, 3.63) is 47.1 Å². The summed E-state index contributed by atoms with van der Waals surface area (Å²) in [4.78, 5) is 10.6. The summed E-state index contributed by atoms with van der Waals surface area (Å²) in [5.41, 5.74) is -0.142. The van der Waals surface area contributed by atoms with Crippen LogP contribution < -0.4 is 4.74 Å². The Kier molecular flexibility index (Phi) is 3.20. The second-order valence-electron chi connectivity index (χ2n) is 3.09. The molecule has 1 N–H and O–H groups in total. The summed E-state index contributed by atoms with van der Waals surface area (Å²) in [6, 6.07) is 9.61. The number of carboxylic acid groups (broad SMARTS) is 1. The van der Waals surface area contributed by atoms with Crippen molar-refractivity contribution in [1.82, 2.24) is 10.2 Å². The Hall–Kier alpha value is -2.14. The first-order valence-corrected chi connectivity index (χ1v) is 5.04. The molecular formula is C11H7ClN2O3. The Balaban J connectivity index is 2.20. The van der Waals surface area contributed by atoms with E-state index >= 15 is 0 Å². The lowest BCUT2D eigenvalue weighted by atomic mass is 10.3. The fourth-order valence-electron chi connectivity index (χ4n) is 1.13. The third-order valence-corrected chi connectivity index (χ3v) is 2.22. The number of para-hydroxylation sites is 1. The quantitative estimate of drug-likeness (QED) is 0.907. The van der Waals surface area contributed by atoms with E-state index in [1.807, 2.05) is 0 Å². The fourth-order valence-corrected chi connectivity index (χ4v) is 1.30. The average Bonchev–Trinajstić information content (AvgIpc) is 2.33. The Morgan fingerprint density at radius 3 is 2.53 bits per heavy atom. The molecule has 0 saturated heterocycles. The van der Waals surface area contributed by atoms with Gasteiger partial charge in [-0.05, 0) is 18.2 Å². The van der Waals surface area contributed by atoms with Crippen LogP contribution in [0.15, 0.2) is 36.4 Å². The molecule has 0 aliphatic carbocycles. The zero-order valence-corrected chi connectivity index (χ0v) is 9.26. The van der Waals surface area contributed by atoms with Gasteiger partial charge < -0.3 is 9.84 Å². The topological polar surface area (TPSA) is 72.3 Å². The summed E-state index contributed by atoms with van der Waals surface area (Å²) < 4.78 is 5.35. The molecule has 0 spiro atoms. The van der Waals surface area contributed by atoms with E-state index in [0.717, 1.165) is 0 Å². The van der Waals surface area contributed by atoms with E-state index in [1.165, 1.54) is 12.1 Å². The maximum atomic E-state index is 10.6. The van der Waals surface area contributed by atoms with Gasteiger partial charge in [0.05, 0.1) is 5.02 Å². The molecule has 0 atom stereocenters. The van der Waals surface area contributed by atoms with Gasteiger partial charge in [0.25, 0.3) is 0 Å². The van der Waals surface area contributed by atoms with Crippen LogP contribution in [-0.2, 0) is 0 Å². The van der Waals surface area contributed by atoms with E-state index < -0.39 is 5.97 Å². The predicted octanol–water partition coefficient (Wildman–Crippen LogP) is 2.62. The molecule has 0 aliphatic heterocycles. The van der Waals surface area contributed by atoms with Crippen LogP contribution >= 0.6 is 11.6 Å². The van der Waals surface area contributed by atoms with Crippen molar-refractivity contribution in [1.29, 1.82) is 0 Å². The lowest BCUT2D eigenvalue weighted by molar-refractivity contribution is 0.0689. The second kappa shape index (κ2) is 4.80. The van der Waals surface area contributed by atoms with E-state index in [2.05, 4.69) is 10.2 Å². The molecule has 2 aromatic rings. The molecular weight excluding hydrogens is 244 g/mol. The molecule has 1 aromatic carbocycles. The van der Waals surface area contributed by atoms with Gasteiger partial charge in [-0.25, -0.2) is 4.79 Å². The summed E-state index contributed by atoms with van der Waals surface area (Å²) in [5, 5.41) is 16.2. The van der Waals surface area contributed by atoms with Crippen molar-refractivity contribution >= 4 is 17.6 Å². The minimum atomic E-state index is -1.14. The first-order valence-electron chi connectivity index (χ1n) is 4.66. The van der Waals surface area contributed by atoms with Crippen molar-refractivity contribution < 1.29 is 14.6 Å². The molecule has 0 saturated carbocycles. The monoisotopic (exact) mass is 250 g/mol. The molecule has 5 nitrogen and oxygen atoms in total. The number of benzene rings is 1. The highest BCUT2D eigenvalue weighted by Gasteiger charge is 2.07. The molecule has 0 unspecified atom stereocenters. The number of carbonyl (C=O) groups is 1. The lowest BCUT2D eigenvalue weighted by Crippen LogP contribution is -2.02. The summed E-state index contributed by atoms with van der Waals surface area (Å²) in [5.74, 6) is -0.517. The minimum Gasteiger partial charge on any atom is -0.476 e. The smallest absolute Gasteiger partial charge is 0.356 e. The zero-order chi connectivity index (χ0) is 12.3. The van der Waals surface area contributed by atoms with Crippen molar-refractivity contribution in [2.24, 2.45) is 0 Å². The van der Waals surface area contributed by atoms with Crippen LogP contribution in [0.2, 0.25) is 5.02 Å². The Morgan fingerprint density at radius 2 is 1.94 bits per heavy atom. The highest BCUT2D eigenvalue weighted by molar-refractivity contribution is 6.32. The fraction of sp³-hybridized carbons (Fsp3) is 0. The maximum Gasteiger partial charge on any atom is 0.356 e. The zero-order valence-electron chi connectivity index (χ0n) is 8.50. The molecule has 6 heteroatoms.